The number of rotatable bonds is 7. The first kappa shape index (κ1) is 19.1. The molecule has 5 nitrogen and oxygen atoms in total. The summed E-state index contributed by atoms with van der Waals surface area (Å²) in [7, 11) is 1.34. The standard InChI is InChI=1S/C20H17N3O2S/c1-25-20(24)18-10-6-5-9-16(18)14-26-19(17(11-21)12-22)23-13-15-7-3-2-4-8-15/h2-10,23H,13-14H2,1H3. The van der Waals surface area contributed by atoms with Gasteiger partial charge in [-0.05, 0) is 17.2 Å². The van der Waals surface area contributed by atoms with Crippen molar-refractivity contribution in [3.05, 3.63) is 81.9 Å². The molecule has 0 saturated heterocycles. The van der Waals surface area contributed by atoms with E-state index in [1.54, 1.807) is 12.1 Å². The lowest BCUT2D eigenvalue weighted by atomic mass is 10.1. The number of carbonyl (C=O) groups excluding carboxylic acids is 1. The Bertz CT molecular complexity index is 864. The molecule has 0 bridgehead atoms. The first-order valence-electron chi connectivity index (χ1n) is 7.81. The Morgan fingerprint density at radius 1 is 1.08 bits per heavy atom. The molecule has 2 aromatic rings. The molecule has 0 aliphatic rings. The summed E-state index contributed by atoms with van der Waals surface area (Å²) in [6.07, 6.45) is 0. The number of esters is 1. The molecule has 0 saturated carbocycles. The zero-order valence-electron chi connectivity index (χ0n) is 14.2. The van der Waals surface area contributed by atoms with Crippen LogP contribution in [0.4, 0.5) is 0 Å². The zero-order valence-corrected chi connectivity index (χ0v) is 15.0. The van der Waals surface area contributed by atoms with Crippen molar-refractivity contribution in [1.82, 2.24) is 5.32 Å². The largest absolute Gasteiger partial charge is 0.465 e. The minimum atomic E-state index is -0.412. The smallest absolute Gasteiger partial charge is 0.338 e. The van der Waals surface area contributed by atoms with Gasteiger partial charge in [0.05, 0.1) is 17.7 Å². The van der Waals surface area contributed by atoms with Gasteiger partial charge in [-0.15, -0.1) is 11.8 Å². The Hall–Kier alpha value is -3.22. The van der Waals surface area contributed by atoms with Gasteiger partial charge in [-0.2, -0.15) is 10.5 Å². The van der Waals surface area contributed by atoms with E-state index >= 15 is 0 Å². The van der Waals surface area contributed by atoms with Gasteiger partial charge < -0.3 is 10.1 Å². The summed E-state index contributed by atoms with van der Waals surface area (Å²) < 4.78 is 4.80. The Labute approximate surface area is 156 Å². The van der Waals surface area contributed by atoms with Crippen LogP contribution in [-0.2, 0) is 17.0 Å². The van der Waals surface area contributed by atoms with E-state index in [2.05, 4.69) is 5.32 Å². The van der Waals surface area contributed by atoms with E-state index < -0.39 is 5.97 Å². The van der Waals surface area contributed by atoms with Crippen molar-refractivity contribution in [2.75, 3.05) is 7.11 Å². The Balaban J connectivity index is 2.17. The molecule has 0 aliphatic carbocycles. The highest BCUT2D eigenvalue weighted by atomic mass is 32.2. The normalized spacial score (nSPS) is 9.50. The van der Waals surface area contributed by atoms with Crippen LogP contribution in [0.1, 0.15) is 21.5 Å². The second-order valence-corrected chi connectivity index (χ2v) is 6.19. The van der Waals surface area contributed by atoms with Crippen LogP contribution in [0.25, 0.3) is 0 Å². The summed E-state index contributed by atoms with van der Waals surface area (Å²) in [6.45, 7) is 0.495. The van der Waals surface area contributed by atoms with E-state index in [4.69, 9.17) is 4.74 Å². The molecule has 0 aromatic heterocycles. The molecule has 2 rings (SSSR count). The number of carbonyl (C=O) groups is 1. The van der Waals surface area contributed by atoms with Gasteiger partial charge in [0, 0.05) is 12.3 Å². The Morgan fingerprint density at radius 3 is 2.38 bits per heavy atom. The van der Waals surface area contributed by atoms with Crippen LogP contribution in [0.2, 0.25) is 0 Å². The first-order chi connectivity index (χ1) is 12.7. The molecule has 0 fully saturated rings. The van der Waals surface area contributed by atoms with E-state index in [0.29, 0.717) is 22.9 Å². The fourth-order valence-electron chi connectivity index (χ4n) is 2.22. The van der Waals surface area contributed by atoms with Gasteiger partial charge in [0.25, 0.3) is 0 Å². The molecular weight excluding hydrogens is 346 g/mol. The maximum atomic E-state index is 11.9. The van der Waals surface area contributed by atoms with Gasteiger partial charge in [-0.3, -0.25) is 0 Å². The van der Waals surface area contributed by atoms with Gasteiger partial charge in [-0.1, -0.05) is 48.5 Å². The van der Waals surface area contributed by atoms with Gasteiger partial charge in [0.15, 0.2) is 5.57 Å². The quantitative estimate of drug-likeness (QED) is 0.595. The van der Waals surface area contributed by atoms with Crippen molar-refractivity contribution in [1.29, 1.82) is 10.5 Å². The van der Waals surface area contributed by atoms with Crippen molar-refractivity contribution in [3.63, 3.8) is 0 Å². The maximum Gasteiger partial charge on any atom is 0.338 e. The lowest BCUT2D eigenvalue weighted by Crippen LogP contribution is -2.13. The van der Waals surface area contributed by atoms with Gasteiger partial charge in [0.1, 0.15) is 12.1 Å². The summed E-state index contributed by atoms with van der Waals surface area (Å²) in [5.41, 5.74) is 2.30. The minimum absolute atomic E-state index is 0.0153. The molecule has 0 heterocycles. The van der Waals surface area contributed by atoms with Crippen molar-refractivity contribution >= 4 is 17.7 Å². The summed E-state index contributed by atoms with van der Waals surface area (Å²) in [5, 5.41) is 22.1. The lowest BCUT2D eigenvalue weighted by Gasteiger charge is -2.12. The molecular formula is C20H17N3O2S. The summed E-state index contributed by atoms with van der Waals surface area (Å²) in [5.74, 6) is 0.0136. The minimum Gasteiger partial charge on any atom is -0.465 e. The molecule has 6 heteroatoms. The van der Waals surface area contributed by atoms with E-state index in [1.165, 1.54) is 18.9 Å². The van der Waals surface area contributed by atoms with Crippen molar-refractivity contribution in [2.24, 2.45) is 0 Å². The number of nitrogens with zero attached hydrogens (tertiary/aromatic N) is 2. The van der Waals surface area contributed by atoms with E-state index in [0.717, 1.165) is 11.1 Å². The summed E-state index contributed by atoms with van der Waals surface area (Å²) in [6, 6.07) is 20.6. The summed E-state index contributed by atoms with van der Waals surface area (Å²) in [4.78, 5) is 11.9. The van der Waals surface area contributed by atoms with E-state index in [9.17, 15) is 15.3 Å². The van der Waals surface area contributed by atoms with Crippen LogP contribution in [0, 0.1) is 22.7 Å². The Kier molecular flexibility index (Phi) is 7.30. The molecule has 0 amide bonds. The van der Waals surface area contributed by atoms with Crippen molar-refractivity contribution in [2.45, 2.75) is 12.3 Å². The number of hydrogen-bond acceptors (Lipinski definition) is 6. The van der Waals surface area contributed by atoms with Crippen LogP contribution < -0.4 is 5.32 Å². The average Bonchev–Trinajstić information content (AvgIpc) is 2.70. The number of allylic oxidation sites excluding steroid dienone is 1. The van der Waals surface area contributed by atoms with E-state index in [1.807, 2.05) is 54.6 Å². The van der Waals surface area contributed by atoms with Gasteiger partial charge >= 0.3 is 5.97 Å². The number of nitriles is 2. The molecule has 0 atom stereocenters. The topological polar surface area (TPSA) is 85.9 Å². The molecule has 2 aromatic carbocycles. The fraction of sp³-hybridized carbons (Fsp3) is 0.150. The number of benzene rings is 2. The molecule has 0 radical (unpaired) electrons. The SMILES string of the molecule is COC(=O)c1ccccc1CSC(NCc1ccccc1)=C(C#N)C#N. The third-order valence-corrected chi connectivity index (χ3v) is 4.63. The molecule has 26 heavy (non-hydrogen) atoms. The maximum absolute atomic E-state index is 11.9. The van der Waals surface area contributed by atoms with Crippen LogP contribution in [0.15, 0.2) is 65.2 Å². The Morgan fingerprint density at radius 2 is 1.73 bits per heavy atom. The predicted octanol–water partition coefficient (Wildman–Crippen LogP) is 3.75. The van der Waals surface area contributed by atoms with Crippen LogP contribution in [0.3, 0.4) is 0 Å². The second kappa shape index (κ2) is 9.93. The molecule has 0 spiro atoms. The van der Waals surface area contributed by atoms with Gasteiger partial charge in [0.2, 0.25) is 0 Å². The monoisotopic (exact) mass is 363 g/mol. The zero-order chi connectivity index (χ0) is 18.8. The van der Waals surface area contributed by atoms with Crippen molar-refractivity contribution < 1.29 is 9.53 Å². The fourth-order valence-corrected chi connectivity index (χ4v) is 3.18. The molecule has 130 valence electrons. The highest BCUT2D eigenvalue weighted by molar-refractivity contribution is 8.02. The number of methoxy groups -OCH3 is 1. The lowest BCUT2D eigenvalue weighted by molar-refractivity contribution is 0.0600. The first-order valence-corrected chi connectivity index (χ1v) is 8.79. The van der Waals surface area contributed by atoms with Crippen LogP contribution >= 0.6 is 11.8 Å². The number of nitrogens with one attached hydrogen (secondary N) is 1. The third kappa shape index (κ3) is 5.14. The molecule has 0 aliphatic heterocycles. The van der Waals surface area contributed by atoms with Crippen molar-refractivity contribution in [3.8, 4) is 12.1 Å². The average molecular weight is 363 g/mol. The van der Waals surface area contributed by atoms with Crippen LogP contribution in [-0.4, -0.2) is 13.1 Å². The number of thioether (sulfide) groups is 1. The highest BCUT2D eigenvalue weighted by Crippen LogP contribution is 2.25. The highest BCUT2D eigenvalue weighted by Gasteiger charge is 2.13. The van der Waals surface area contributed by atoms with Crippen LogP contribution in [0.5, 0.6) is 0 Å². The third-order valence-electron chi connectivity index (χ3n) is 3.54. The molecule has 1 N–H and O–H groups in total. The number of hydrogen-bond donors (Lipinski definition) is 1. The molecule has 0 unspecified atom stereocenters. The van der Waals surface area contributed by atoms with Gasteiger partial charge in [-0.25, -0.2) is 4.79 Å². The number of ether oxygens (including phenoxy) is 1. The summed E-state index contributed by atoms with van der Waals surface area (Å²) >= 11 is 1.31. The predicted molar refractivity (Wildman–Crippen MR) is 101 cm³/mol. The second-order valence-electron chi connectivity index (χ2n) is 5.20. The van der Waals surface area contributed by atoms with E-state index in [-0.39, 0.29) is 5.57 Å².